The number of hydrogen-bond donors (Lipinski definition) is 0. The summed E-state index contributed by atoms with van der Waals surface area (Å²) < 4.78 is 5.59. The third-order valence-electron chi connectivity index (χ3n) is 1.64. The van der Waals surface area contributed by atoms with E-state index < -0.39 is 0 Å². The summed E-state index contributed by atoms with van der Waals surface area (Å²) in [5.74, 6) is 0. The number of ether oxygens (including phenoxy) is 1. The van der Waals surface area contributed by atoms with Gasteiger partial charge in [0.1, 0.15) is 0 Å². The summed E-state index contributed by atoms with van der Waals surface area (Å²) in [6.45, 7) is 7.39. The van der Waals surface area contributed by atoms with E-state index in [0.717, 1.165) is 6.61 Å². The number of rotatable bonds is 2. The van der Waals surface area contributed by atoms with Crippen molar-refractivity contribution in [1.29, 1.82) is 0 Å². The Labute approximate surface area is 70.7 Å². The van der Waals surface area contributed by atoms with Crippen LogP contribution in [-0.4, -0.2) is 23.2 Å². The second-order valence-corrected chi connectivity index (χ2v) is 5.55. The van der Waals surface area contributed by atoms with Crippen molar-refractivity contribution in [2.24, 2.45) is 0 Å². The van der Waals surface area contributed by atoms with Gasteiger partial charge in [0.2, 0.25) is 0 Å². The van der Waals surface area contributed by atoms with Crippen molar-refractivity contribution in [3.05, 3.63) is 0 Å². The van der Waals surface area contributed by atoms with Gasteiger partial charge >= 0.3 is 0 Å². The van der Waals surface area contributed by atoms with E-state index >= 15 is 0 Å². The van der Waals surface area contributed by atoms with Crippen molar-refractivity contribution < 1.29 is 4.74 Å². The van der Waals surface area contributed by atoms with Crippen molar-refractivity contribution in [2.45, 2.75) is 37.4 Å². The molecule has 3 heteroatoms. The zero-order valence-corrected chi connectivity index (χ0v) is 8.30. The molecule has 0 aliphatic carbocycles. The molecular formula is C7H14OS2. The van der Waals surface area contributed by atoms with Crippen LogP contribution in [0.25, 0.3) is 0 Å². The molecule has 2 atom stereocenters. The van der Waals surface area contributed by atoms with Crippen molar-refractivity contribution in [3.63, 3.8) is 0 Å². The van der Waals surface area contributed by atoms with Crippen LogP contribution in [0.1, 0.15) is 20.8 Å². The van der Waals surface area contributed by atoms with Gasteiger partial charge in [-0.25, -0.2) is 0 Å². The monoisotopic (exact) mass is 178 g/mol. The second-order valence-electron chi connectivity index (χ2n) is 2.52. The largest absolute Gasteiger partial charge is 0.376 e. The Balaban J connectivity index is 2.38. The lowest BCUT2D eigenvalue weighted by molar-refractivity contribution is 0.0677. The molecule has 2 unspecified atom stereocenters. The fraction of sp³-hybridized carbons (Fsp3) is 1.00. The molecular weight excluding hydrogens is 164 g/mol. The Morgan fingerprint density at radius 1 is 1.20 bits per heavy atom. The molecule has 0 aromatic rings. The quantitative estimate of drug-likeness (QED) is 0.601. The van der Waals surface area contributed by atoms with Gasteiger partial charge in [0.15, 0.2) is 0 Å². The lowest BCUT2D eigenvalue weighted by atomic mass is 10.2. The molecule has 0 aromatic heterocycles. The topological polar surface area (TPSA) is 9.23 Å². The summed E-state index contributed by atoms with van der Waals surface area (Å²) >= 11 is 0. The Bertz CT molecular complexity index is 97.8. The molecule has 0 spiro atoms. The molecule has 0 aromatic carbocycles. The maximum atomic E-state index is 5.59. The third kappa shape index (κ3) is 1.83. The van der Waals surface area contributed by atoms with Gasteiger partial charge in [-0.2, -0.15) is 0 Å². The van der Waals surface area contributed by atoms with Crippen LogP contribution in [-0.2, 0) is 4.74 Å². The molecule has 0 bridgehead atoms. The van der Waals surface area contributed by atoms with Gasteiger partial charge in [0, 0.05) is 17.1 Å². The highest BCUT2D eigenvalue weighted by atomic mass is 33.1. The predicted octanol–water partition coefficient (Wildman–Crippen LogP) is 2.56. The van der Waals surface area contributed by atoms with E-state index in [4.69, 9.17) is 4.74 Å². The molecule has 1 aliphatic rings. The van der Waals surface area contributed by atoms with Crippen LogP contribution in [0.3, 0.4) is 0 Å². The fourth-order valence-corrected chi connectivity index (χ4v) is 4.14. The van der Waals surface area contributed by atoms with Gasteiger partial charge in [0.25, 0.3) is 0 Å². The summed E-state index contributed by atoms with van der Waals surface area (Å²) in [7, 11) is 3.89. The first-order chi connectivity index (χ1) is 4.75. The van der Waals surface area contributed by atoms with Crippen LogP contribution in [0.5, 0.6) is 0 Å². The summed E-state index contributed by atoms with van der Waals surface area (Å²) in [6.07, 6.45) is 0.472. The van der Waals surface area contributed by atoms with Gasteiger partial charge in [-0.05, 0) is 20.8 Å². The molecule has 0 radical (unpaired) electrons. The summed E-state index contributed by atoms with van der Waals surface area (Å²) in [4.78, 5) is 0. The van der Waals surface area contributed by atoms with Gasteiger partial charge in [-0.1, -0.05) is 21.6 Å². The summed E-state index contributed by atoms with van der Waals surface area (Å²) in [5.41, 5.74) is 0. The molecule has 1 rings (SSSR count). The van der Waals surface area contributed by atoms with E-state index in [1.165, 1.54) is 0 Å². The standard InChI is InChI=1S/C7H14OS2/c1-4-8-7-5(2)9-10-6(7)3/h5-7H,4H2,1-3H3. The predicted molar refractivity (Wildman–Crippen MR) is 49.5 cm³/mol. The Morgan fingerprint density at radius 3 is 2.10 bits per heavy atom. The zero-order chi connectivity index (χ0) is 7.56. The van der Waals surface area contributed by atoms with E-state index in [1.807, 2.05) is 21.6 Å². The van der Waals surface area contributed by atoms with E-state index in [1.54, 1.807) is 0 Å². The van der Waals surface area contributed by atoms with Gasteiger partial charge in [-0.15, -0.1) is 0 Å². The molecule has 1 fully saturated rings. The molecule has 1 heterocycles. The van der Waals surface area contributed by atoms with Crippen molar-refractivity contribution in [2.75, 3.05) is 6.61 Å². The molecule has 1 nitrogen and oxygen atoms in total. The molecule has 0 saturated carbocycles. The van der Waals surface area contributed by atoms with Crippen molar-refractivity contribution in [1.82, 2.24) is 0 Å². The van der Waals surface area contributed by atoms with Crippen molar-refractivity contribution >= 4 is 21.6 Å². The number of hydrogen-bond acceptors (Lipinski definition) is 3. The van der Waals surface area contributed by atoms with E-state index in [-0.39, 0.29) is 0 Å². The lowest BCUT2D eigenvalue weighted by Gasteiger charge is -2.16. The lowest BCUT2D eigenvalue weighted by Crippen LogP contribution is -2.27. The minimum absolute atomic E-state index is 0.472. The van der Waals surface area contributed by atoms with Crippen LogP contribution >= 0.6 is 21.6 Å². The maximum absolute atomic E-state index is 5.59. The zero-order valence-electron chi connectivity index (χ0n) is 6.66. The first kappa shape index (κ1) is 8.75. The molecule has 10 heavy (non-hydrogen) atoms. The SMILES string of the molecule is CCOC1C(C)SSC1C. The molecule has 1 saturated heterocycles. The van der Waals surface area contributed by atoms with E-state index in [9.17, 15) is 0 Å². The van der Waals surface area contributed by atoms with Gasteiger partial charge in [-0.3, -0.25) is 0 Å². The molecule has 0 N–H and O–H groups in total. The van der Waals surface area contributed by atoms with Crippen LogP contribution in [0.4, 0.5) is 0 Å². The highest BCUT2D eigenvalue weighted by Gasteiger charge is 2.32. The second kappa shape index (κ2) is 3.88. The molecule has 60 valence electrons. The maximum Gasteiger partial charge on any atom is 0.0823 e. The molecule has 1 aliphatic heterocycles. The van der Waals surface area contributed by atoms with Crippen molar-refractivity contribution in [3.8, 4) is 0 Å². The van der Waals surface area contributed by atoms with Crippen LogP contribution < -0.4 is 0 Å². The minimum Gasteiger partial charge on any atom is -0.376 e. The van der Waals surface area contributed by atoms with Gasteiger partial charge < -0.3 is 4.74 Å². The first-order valence-corrected chi connectivity index (χ1v) is 5.97. The highest BCUT2D eigenvalue weighted by Crippen LogP contribution is 2.44. The van der Waals surface area contributed by atoms with Crippen LogP contribution in [0.2, 0.25) is 0 Å². The van der Waals surface area contributed by atoms with Crippen LogP contribution in [0.15, 0.2) is 0 Å². The average molecular weight is 178 g/mol. The summed E-state index contributed by atoms with van der Waals surface area (Å²) in [5, 5.41) is 1.33. The van der Waals surface area contributed by atoms with Crippen LogP contribution in [0, 0.1) is 0 Å². The van der Waals surface area contributed by atoms with E-state index in [2.05, 4.69) is 20.8 Å². The fourth-order valence-electron chi connectivity index (χ4n) is 1.13. The molecule has 0 amide bonds. The Kier molecular flexibility index (Phi) is 3.40. The average Bonchev–Trinajstić information content (AvgIpc) is 2.20. The van der Waals surface area contributed by atoms with E-state index in [0.29, 0.717) is 16.6 Å². The smallest absolute Gasteiger partial charge is 0.0823 e. The summed E-state index contributed by atoms with van der Waals surface area (Å²) in [6, 6.07) is 0. The Morgan fingerprint density at radius 2 is 1.70 bits per heavy atom. The highest BCUT2D eigenvalue weighted by molar-refractivity contribution is 8.77. The minimum atomic E-state index is 0.472. The van der Waals surface area contributed by atoms with Gasteiger partial charge in [0.05, 0.1) is 6.10 Å². The Hall–Kier alpha value is 0.660. The first-order valence-electron chi connectivity index (χ1n) is 3.69. The third-order valence-corrected chi connectivity index (χ3v) is 5.05. The normalized spacial score (nSPS) is 40.5.